The summed E-state index contributed by atoms with van der Waals surface area (Å²) in [6.07, 6.45) is 1.22. The predicted molar refractivity (Wildman–Crippen MR) is 71.6 cm³/mol. The van der Waals surface area contributed by atoms with E-state index in [-0.39, 0.29) is 24.4 Å². The van der Waals surface area contributed by atoms with Gasteiger partial charge in [0.1, 0.15) is 0 Å². The lowest BCUT2D eigenvalue weighted by Gasteiger charge is -2.10. The normalized spacial score (nSPS) is 11.7. The molecule has 1 heterocycles. The van der Waals surface area contributed by atoms with Gasteiger partial charge in [-0.05, 0) is 25.5 Å². The SMILES string of the molecule is C[C@H](CN)NC(=O)CCc1ccc(Cl)s1.Cl. The van der Waals surface area contributed by atoms with Crippen LogP contribution < -0.4 is 11.1 Å². The van der Waals surface area contributed by atoms with Crippen molar-refractivity contribution in [1.29, 1.82) is 0 Å². The molecule has 0 aliphatic carbocycles. The van der Waals surface area contributed by atoms with Crippen molar-refractivity contribution in [3.05, 3.63) is 21.3 Å². The third kappa shape index (κ3) is 5.70. The highest BCUT2D eigenvalue weighted by atomic mass is 35.5. The monoisotopic (exact) mass is 282 g/mol. The van der Waals surface area contributed by atoms with E-state index in [1.165, 1.54) is 11.3 Å². The molecule has 1 rings (SSSR count). The van der Waals surface area contributed by atoms with Crippen LogP contribution in [-0.2, 0) is 11.2 Å². The number of nitrogens with two attached hydrogens (primary N) is 1. The minimum atomic E-state index is 0. The van der Waals surface area contributed by atoms with Gasteiger partial charge >= 0.3 is 0 Å². The maximum atomic E-state index is 11.4. The third-order valence-electron chi connectivity index (χ3n) is 1.99. The van der Waals surface area contributed by atoms with Crippen LogP contribution in [0.2, 0.25) is 4.34 Å². The molecule has 1 amide bonds. The quantitative estimate of drug-likeness (QED) is 0.870. The Morgan fingerprint density at radius 2 is 2.31 bits per heavy atom. The molecule has 0 saturated heterocycles. The summed E-state index contributed by atoms with van der Waals surface area (Å²) in [5, 5.41) is 2.81. The predicted octanol–water partition coefficient (Wildman–Crippen LogP) is 2.22. The van der Waals surface area contributed by atoms with E-state index < -0.39 is 0 Å². The molecule has 3 N–H and O–H groups in total. The zero-order chi connectivity index (χ0) is 11.3. The standard InChI is InChI=1S/C10H15ClN2OS.ClH/c1-7(6-12)13-10(14)5-3-8-2-4-9(11)15-8;/h2,4,7H,3,5-6,12H2,1H3,(H,13,14);1H/t7-;/m1./s1. The summed E-state index contributed by atoms with van der Waals surface area (Å²) in [7, 11) is 0. The fourth-order valence-electron chi connectivity index (χ4n) is 1.13. The Balaban J connectivity index is 0.00000225. The number of nitrogens with one attached hydrogen (secondary N) is 1. The molecule has 0 spiro atoms. The lowest BCUT2D eigenvalue weighted by Crippen LogP contribution is -2.37. The molecular formula is C10H16Cl2N2OS. The van der Waals surface area contributed by atoms with Crippen molar-refractivity contribution < 1.29 is 4.79 Å². The van der Waals surface area contributed by atoms with Gasteiger partial charge in [-0.15, -0.1) is 23.7 Å². The summed E-state index contributed by atoms with van der Waals surface area (Å²) in [4.78, 5) is 12.5. The summed E-state index contributed by atoms with van der Waals surface area (Å²) >= 11 is 7.30. The average molecular weight is 283 g/mol. The molecular weight excluding hydrogens is 267 g/mol. The van der Waals surface area contributed by atoms with Crippen molar-refractivity contribution in [3.63, 3.8) is 0 Å². The molecule has 6 heteroatoms. The minimum absolute atomic E-state index is 0. The fourth-order valence-corrected chi connectivity index (χ4v) is 2.22. The topological polar surface area (TPSA) is 55.1 Å². The van der Waals surface area contributed by atoms with E-state index in [9.17, 15) is 4.79 Å². The maximum Gasteiger partial charge on any atom is 0.220 e. The van der Waals surface area contributed by atoms with Crippen molar-refractivity contribution in [1.82, 2.24) is 5.32 Å². The van der Waals surface area contributed by atoms with Crippen LogP contribution in [0.3, 0.4) is 0 Å². The highest BCUT2D eigenvalue weighted by Crippen LogP contribution is 2.22. The molecule has 0 fully saturated rings. The van der Waals surface area contributed by atoms with Crippen LogP contribution >= 0.6 is 35.3 Å². The highest BCUT2D eigenvalue weighted by Gasteiger charge is 2.06. The van der Waals surface area contributed by atoms with Crippen molar-refractivity contribution in [3.8, 4) is 0 Å². The van der Waals surface area contributed by atoms with Crippen molar-refractivity contribution >= 4 is 41.3 Å². The first kappa shape index (κ1) is 15.7. The second-order valence-electron chi connectivity index (χ2n) is 3.41. The van der Waals surface area contributed by atoms with Crippen LogP contribution in [0.1, 0.15) is 18.2 Å². The average Bonchev–Trinajstić information content (AvgIpc) is 2.61. The molecule has 1 atom stereocenters. The van der Waals surface area contributed by atoms with E-state index in [1.54, 1.807) is 0 Å². The molecule has 0 aliphatic rings. The fraction of sp³-hybridized carbons (Fsp3) is 0.500. The van der Waals surface area contributed by atoms with Gasteiger partial charge in [0.05, 0.1) is 4.34 Å². The van der Waals surface area contributed by atoms with Gasteiger partial charge in [-0.1, -0.05) is 11.6 Å². The van der Waals surface area contributed by atoms with Gasteiger partial charge in [0.2, 0.25) is 5.91 Å². The Morgan fingerprint density at radius 1 is 1.62 bits per heavy atom. The van der Waals surface area contributed by atoms with Gasteiger partial charge in [0.25, 0.3) is 0 Å². The number of hydrogen-bond donors (Lipinski definition) is 2. The molecule has 92 valence electrons. The molecule has 16 heavy (non-hydrogen) atoms. The van der Waals surface area contributed by atoms with E-state index in [0.29, 0.717) is 13.0 Å². The molecule has 0 saturated carbocycles. The van der Waals surface area contributed by atoms with Crippen molar-refractivity contribution in [2.24, 2.45) is 5.73 Å². The summed E-state index contributed by atoms with van der Waals surface area (Å²) in [6, 6.07) is 3.85. The van der Waals surface area contributed by atoms with E-state index in [2.05, 4.69) is 5.32 Å². The van der Waals surface area contributed by atoms with Crippen LogP contribution in [0, 0.1) is 0 Å². The Morgan fingerprint density at radius 3 is 2.81 bits per heavy atom. The number of thiophene rings is 1. The van der Waals surface area contributed by atoms with Gasteiger partial charge in [-0.25, -0.2) is 0 Å². The van der Waals surface area contributed by atoms with E-state index in [4.69, 9.17) is 17.3 Å². The summed E-state index contributed by atoms with van der Waals surface area (Å²) in [6.45, 7) is 2.36. The lowest BCUT2D eigenvalue weighted by atomic mass is 10.2. The summed E-state index contributed by atoms with van der Waals surface area (Å²) < 4.78 is 0.765. The Kier molecular flexibility index (Phi) is 7.76. The first-order chi connectivity index (χ1) is 7.11. The van der Waals surface area contributed by atoms with Gasteiger partial charge in [-0.3, -0.25) is 4.79 Å². The zero-order valence-electron chi connectivity index (χ0n) is 9.03. The largest absolute Gasteiger partial charge is 0.352 e. The number of halogens is 2. The molecule has 0 bridgehead atoms. The van der Waals surface area contributed by atoms with Gasteiger partial charge in [0, 0.05) is 23.9 Å². The van der Waals surface area contributed by atoms with Gasteiger partial charge in [-0.2, -0.15) is 0 Å². The van der Waals surface area contributed by atoms with Crippen LogP contribution in [0.25, 0.3) is 0 Å². The van der Waals surface area contributed by atoms with E-state index in [0.717, 1.165) is 15.6 Å². The number of rotatable bonds is 5. The van der Waals surface area contributed by atoms with Crippen LogP contribution in [0.15, 0.2) is 12.1 Å². The molecule has 0 radical (unpaired) electrons. The molecule has 3 nitrogen and oxygen atoms in total. The number of amides is 1. The van der Waals surface area contributed by atoms with Crippen molar-refractivity contribution in [2.45, 2.75) is 25.8 Å². The number of carbonyl (C=O) groups is 1. The second kappa shape index (κ2) is 7.90. The second-order valence-corrected chi connectivity index (χ2v) is 5.21. The van der Waals surface area contributed by atoms with Crippen LogP contribution in [0.5, 0.6) is 0 Å². The Labute approximate surface area is 111 Å². The summed E-state index contributed by atoms with van der Waals surface area (Å²) in [5.41, 5.74) is 5.40. The van der Waals surface area contributed by atoms with Gasteiger partial charge in [0.15, 0.2) is 0 Å². The first-order valence-electron chi connectivity index (χ1n) is 4.85. The third-order valence-corrected chi connectivity index (χ3v) is 3.28. The Hall–Kier alpha value is -0.290. The molecule has 0 aromatic carbocycles. The van der Waals surface area contributed by atoms with Crippen molar-refractivity contribution in [2.75, 3.05) is 6.54 Å². The number of hydrogen-bond acceptors (Lipinski definition) is 3. The minimum Gasteiger partial charge on any atom is -0.352 e. The number of aryl methyl sites for hydroxylation is 1. The molecule has 0 unspecified atom stereocenters. The van der Waals surface area contributed by atoms with E-state index in [1.807, 2.05) is 19.1 Å². The highest BCUT2D eigenvalue weighted by molar-refractivity contribution is 7.16. The van der Waals surface area contributed by atoms with E-state index >= 15 is 0 Å². The molecule has 1 aromatic heterocycles. The zero-order valence-corrected chi connectivity index (χ0v) is 11.4. The Bertz CT molecular complexity index is 330. The smallest absolute Gasteiger partial charge is 0.220 e. The van der Waals surface area contributed by atoms with Crippen LogP contribution in [-0.4, -0.2) is 18.5 Å². The lowest BCUT2D eigenvalue weighted by molar-refractivity contribution is -0.121. The van der Waals surface area contributed by atoms with Crippen LogP contribution in [0.4, 0.5) is 0 Å². The number of carbonyl (C=O) groups excluding carboxylic acids is 1. The maximum absolute atomic E-state index is 11.4. The molecule has 0 aliphatic heterocycles. The summed E-state index contributed by atoms with van der Waals surface area (Å²) in [5.74, 6) is 0.0393. The first-order valence-corrected chi connectivity index (χ1v) is 6.05. The van der Waals surface area contributed by atoms with Gasteiger partial charge < -0.3 is 11.1 Å². The molecule has 1 aromatic rings.